The molecule has 0 aromatic heterocycles. The Morgan fingerprint density at radius 2 is 1.55 bits per heavy atom. The SMILES string of the molecule is CCOc1ccc(/C=N\NC(=O)[C@H](C)Oc2ccc(-c3ccccc3)cc2)cc1. The summed E-state index contributed by atoms with van der Waals surface area (Å²) in [5.74, 6) is 1.11. The van der Waals surface area contributed by atoms with Crippen molar-refractivity contribution in [2.45, 2.75) is 20.0 Å². The monoisotopic (exact) mass is 388 g/mol. The number of rotatable bonds is 8. The standard InChI is InChI=1S/C24H24N2O3/c1-3-28-22-13-9-19(10-14-22)17-25-26-24(27)18(2)29-23-15-11-21(12-16-23)20-7-5-4-6-8-20/h4-18H,3H2,1-2H3,(H,26,27)/b25-17-/t18-/m0/s1. The highest BCUT2D eigenvalue weighted by Gasteiger charge is 2.13. The van der Waals surface area contributed by atoms with E-state index < -0.39 is 6.10 Å². The van der Waals surface area contributed by atoms with E-state index in [1.165, 1.54) is 0 Å². The third-order valence-electron chi connectivity index (χ3n) is 4.22. The predicted octanol–water partition coefficient (Wildman–Crippen LogP) is 4.67. The second kappa shape index (κ2) is 10.1. The highest BCUT2D eigenvalue weighted by atomic mass is 16.5. The van der Waals surface area contributed by atoms with Crippen LogP contribution < -0.4 is 14.9 Å². The molecule has 0 aliphatic rings. The molecule has 0 bridgehead atoms. The first-order valence-electron chi connectivity index (χ1n) is 9.53. The molecular formula is C24H24N2O3. The molecule has 0 unspecified atom stereocenters. The highest BCUT2D eigenvalue weighted by molar-refractivity contribution is 5.84. The van der Waals surface area contributed by atoms with E-state index in [1.54, 1.807) is 13.1 Å². The van der Waals surface area contributed by atoms with Gasteiger partial charge in [-0.05, 0) is 66.9 Å². The van der Waals surface area contributed by atoms with Gasteiger partial charge in [0.1, 0.15) is 11.5 Å². The van der Waals surface area contributed by atoms with Crippen molar-refractivity contribution in [1.29, 1.82) is 0 Å². The van der Waals surface area contributed by atoms with E-state index in [0.717, 1.165) is 22.4 Å². The second-order valence-electron chi connectivity index (χ2n) is 6.39. The molecule has 0 heterocycles. The molecule has 3 aromatic carbocycles. The number of ether oxygens (including phenoxy) is 2. The van der Waals surface area contributed by atoms with Crippen molar-refractivity contribution in [2.75, 3.05) is 6.61 Å². The lowest BCUT2D eigenvalue weighted by Crippen LogP contribution is -2.33. The zero-order valence-electron chi connectivity index (χ0n) is 16.5. The number of nitrogens with one attached hydrogen (secondary N) is 1. The van der Waals surface area contributed by atoms with Crippen molar-refractivity contribution in [2.24, 2.45) is 5.10 Å². The summed E-state index contributed by atoms with van der Waals surface area (Å²) in [5, 5.41) is 3.99. The van der Waals surface area contributed by atoms with Gasteiger partial charge in [-0.1, -0.05) is 42.5 Å². The molecule has 5 heteroatoms. The third kappa shape index (κ3) is 5.94. The Bertz CT molecular complexity index is 936. The molecule has 0 aliphatic heterocycles. The number of carbonyl (C=O) groups excluding carboxylic acids is 1. The van der Waals surface area contributed by atoms with Gasteiger partial charge in [0.15, 0.2) is 6.10 Å². The van der Waals surface area contributed by atoms with Crippen LogP contribution in [0.2, 0.25) is 0 Å². The van der Waals surface area contributed by atoms with E-state index in [2.05, 4.69) is 10.5 Å². The van der Waals surface area contributed by atoms with Crippen molar-refractivity contribution < 1.29 is 14.3 Å². The van der Waals surface area contributed by atoms with Crippen molar-refractivity contribution in [3.8, 4) is 22.6 Å². The number of amides is 1. The van der Waals surface area contributed by atoms with Crippen LogP contribution in [-0.4, -0.2) is 24.8 Å². The Labute approximate surface area is 171 Å². The summed E-state index contributed by atoms with van der Waals surface area (Å²) in [6.45, 7) is 4.25. The zero-order chi connectivity index (χ0) is 20.5. The molecule has 29 heavy (non-hydrogen) atoms. The number of nitrogens with zero attached hydrogens (tertiary/aromatic N) is 1. The maximum absolute atomic E-state index is 12.2. The fraction of sp³-hybridized carbons (Fsp3) is 0.167. The van der Waals surface area contributed by atoms with E-state index in [9.17, 15) is 4.79 Å². The molecular weight excluding hydrogens is 364 g/mol. The van der Waals surface area contributed by atoms with Gasteiger partial charge in [0.05, 0.1) is 12.8 Å². The summed E-state index contributed by atoms with van der Waals surface area (Å²) in [6.07, 6.45) is 0.907. The summed E-state index contributed by atoms with van der Waals surface area (Å²) < 4.78 is 11.1. The molecule has 5 nitrogen and oxygen atoms in total. The summed E-state index contributed by atoms with van der Waals surface area (Å²) in [6, 6.07) is 25.2. The van der Waals surface area contributed by atoms with Gasteiger partial charge in [-0.25, -0.2) is 5.43 Å². The first-order chi connectivity index (χ1) is 14.2. The van der Waals surface area contributed by atoms with E-state index in [4.69, 9.17) is 9.47 Å². The molecule has 0 fully saturated rings. The average molecular weight is 388 g/mol. The van der Waals surface area contributed by atoms with Crippen molar-refractivity contribution in [3.63, 3.8) is 0 Å². The fourth-order valence-electron chi connectivity index (χ4n) is 2.69. The topological polar surface area (TPSA) is 59.9 Å². The van der Waals surface area contributed by atoms with Gasteiger partial charge < -0.3 is 9.47 Å². The normalized spacial score (nSPS) is 11.8. The van der Waals surface area contributed by atoms with Gasteiger partial charge in [0, 0.05) is 0 Å². The van der Waals surface area contributed by atoms with Gasteiger partial charge in [0.2, 0.25) is 0 Å². The van der Waals surface area contributed by atoms with Crippen LogP contribution >= 0.6 is 0 Å². The lowest BCUT2D eigenvalue weighted by atomic mass is 10.1. The fourth-order valence-corrected chi connectivity index (χ4v) is 2.69. The number of hydrazone groups is 1. The van der Waals surface area contributed by atoms with Crippen molar-refractivity contribution >= 4 is 12.1 Å². The van der Waals surface area contributed by atoms with E-state index in [1.807, 2.05) is 85.8 Å². The molecule has 0 saturated heterocycles. The molecule has 148 valence electrons. The average Bonchev–Trinajstić information content (AvgIpc) is 2.76. The van der Waals surface area contributed by atoms with Gasteiger partial charge in [-0.2, -0.15) is 5.10 Å². The maximum atomic E-state index is 12.2. The first kappa shape index (κ1) is 20.1. The highest BCUT2D eigenvalue weighted by Crippen LogP contribution is 2.22. The molecule has 1 N–H and O–H groups in total. The van der Waals surface area contributed by atoms with Crippen LogP contribution in [-0.2, 0) is 4.79 Å². The molecule has 0 spiro atoms. The summed E-state index contributed by atoms with van der Waals surface area (Å²) >= 11 is 0. The van der Waals surface area contributed by atoms with Crippen molar-refractivity contribution in [1.82, 2.24) is 5.43 Å². The maximum Gasteiger partial charge on any atom is 0.280 e. The minimum absolute atomic E-state index is 0.320. The molecule has 1 atom stereocenters. The molecule has 3 rings (SSSR count). The van der Waals surface area contributed by atoms with Crippen LogP contribution in [0.15, 0.2) is 84.0 Å². The third-order valence-corrected chi connectivity index (χ3v) is 4.22. The number of benzene rings is 3. The molecule has 3 aromatic rings. The summed E-state index contributed by atoms with van der Waals surface area (Å²) in [5.41, 5.74) is 5.59. The molecule has 0 aliphatic carbocycles. The van der Waals surface area contributed by atoms with Gasteiger partial charge >= 0.3 is 0 Å². The molecule has 1 amide bonds. The van der Waals surface area contributed by atoms with E-state index >= 15 is 0 Å². The van der Waals surface area contributed by atoms with E-state index in [-0.39, 0.29) is 5.91 Å². The minimum Gasteiger partial charge on any atom is -0.494 e. The number of hydrogen-bond acceptors (Lipinski definition) is 4. The Hall–Kier alpha value is -3.60. The van der Waals surface area contributed by atoms with Crippen LogP contribution in [0.25, 0.3) is 11.1 Å². The quantitative estimate of drug-likeness (QED) is 0.451. The smallest absolute Gasteiger partial charge is 0.280 e. The van der Waals surface area contributed by atoms with Crippen LogP contribution in [0.5, 0.6) is 11.5 Å². The number of hydrogen-bond donors (Lipinski definition) is 1. The summed E-state index contributed by atoms with van der Waals surface area (Å²) in [7, 11) is 0. The second-order valence-corrected chi connectivity index (χ2v) is 6.39. The minimum atomic E-state index is -0.671. The Morgan fingerprint density at radius 1 is 0.931 bits per heavy atom. The number of carbonyl (C=O) groups is 1. The van der Waals surface area contributed by atoms with Crippen molar-refractivity contribution in [3.05, 3.63) is 84.4 Å². The molecule has 0 saturated carbocycles. The lowest BCUT2D eigenvalue weighted by Gasteiger charge is -2.13. The first-order valence-corrected chi connectivity index (χ1v) is 9.53. The van der Waals surface area contributed by atoms with Crippen LogP contribution in [0.4, 0.5) is 0 Å². The Kier molecular flexibility index (Phi) is 7.00. The molecule has 0 radical (unpaired) electrons. The van der Waals surface area contributed by atoms with Gasteiger partial charge in [-0.15, -0.1) is 0 Å². The van der Waals surface area contributed by atoms with Gasteiger partial charge in [0.25, 0.3) is 5.91 Å². The summed E-state index contributed by atoms with van der Waals surface area (Å²) in [4.78, 5) is 12.2. The Morgan fingerprint density at radius 3 is 2.21 bits per heavy atom. The zero-order valence-corrected chi connectivity index (χ0v) is 16.5. The Balaban J connectivity index is 1.51. The largest absolute Gasteiger partial charge is 0.494 e. The van der Waals surface area contributed by atoms with Crippen LogP contribution in [0.3, 0.4) is 0 Å². The lowest BCUT2D eigenvalue weighted by molar-refractivity contribution is -0.127. The van der Waals surface area contributed by atoms with Crippen LogP contribution in [0, 0.1) is 0 Å². The predicted molar refractivity (Wildman–Crippen MR) is 115 cm³/mol. The van der Waals surface area contributed by atoms with Crippen LogP contribution in [0.1, 0.15) is 19.4 Å². The van der Waals surface area contributed by atoms with E-state index in [0.29, 0.717) is 12.4 Å². The van der Waals surface area contributed by atoms with Gasteiger partial charge in [-0.3, -0.25) is 4.79 Å².